The Bertz CT molecular complexity index is 1350. The van der Waals surface area contributed by atoms with Gasteiger partial charge in [0, 0.05) is 11.6 Å². The van der Waals surface area contributed by atoms with Crippen molar-refractivity contribution in [2.24, 2.45) is 5.92 Å². The molecule has 4 aromatic rings. The second kappa shape index (κ2) is 14.3. The monoisotopic (exact) mass is 534 g/mol. The Labute approximate surface area is 241 Å². The van der Waals surface area contributed by atoms with Crippen molar-refractivity contribution in [2.75, 3.05) is 13.1 Å². The van der Waals surface area contributed by atoms with Crippen LogP contribution in [0, 0.1) is 12.8 Å². The van der Waals surface area contributed by atoms with E-state index in [1.807, 2.05) is 26.0 Å². The highest BCUT2D eigenvalue weighted by Gasteiger charge is 2.24. The highest BCUT2D eigenvalue weighted by atomic mass is 16.1. The van der Waals surface area contributed by atoms with Crippen molar-refractivity contribution < 1.29 is 4.79 Å². The summed E-state index contributed by atoms with van der Waals surface area (Å²) in [6.45, 7) is 12.8. The van der Waals surface area contributed by atoms with E-state index in [9.17, 15) is 4.79 Å². The van der Waals surface area contributed by atoms with E-state index >= 15 is 0 Å². The third kappa shape index (κ3) is 7.40. The summed E-state index contributed by atoms with van der Waals surface area (Å²) in [6, 6.07) is 32.7. The fraction of sp³-hybridized carbons (Fsp3) is 0.378. The molecule has 2 atom stereocenters. The molecule has 210 valence electrons. The summed E-state index contributed by atoms with van der Waals surface area (Å²) < 4.78 is 0. The number of amides is 1. The van der Waals surface area contributed by atoms with Crippen LogP contribution in [0.2, 0.25) is 0 Å². The average Bonchev–Trinajstić information content (AvgIpc) is 3.01. The zero-order chi connectivity index (χ0) is 28.5. The van der Waals surface area contributed by atoms with Crippen molar-refractivity contribution in [1.29, 1.82) is 0 Å². The molecule has 0 aliphatic carbocycles. The van der Waals surface area contributed by atoms with Crippen LogP contribution in [-0.4, -0.2) is 23.9 Å². The Morgan fingerprint density at radius 1 is 0.850 bits per heavy atom. The molecule has 0 bridgehead atoms. The number of nitrogens with zero attached hydrogens (tertiary/aromatic N) is 1. The lowest BCUT2D eigenvalue weighted by Gasteiger charge is -2.36. The molecule has 2 unspecified atom stereocenters. The van der Waals surface area contributed by atoms with Gasteiger partial charge >= 0.3 is 0 Å². The topological polar surface area (TPSA) is 32.3 Å². The van der Waals surface area contributed by atoms with Crippen LogP contribution in [0.3, 0.4) is 0 Å². The van der Waals surface area contributed by atoms with Crippen molar-refractivity contribution in [3.8, 4) is 0 Å². The van der Waals surface area contributed by atoms with Crippen LogP contribution in [0.25, 0.3) is 10.8 Å². The molecule has 0 aromatic heterocycles. The van der Waals surface area contributed by atoms with Gasteiger partial charge in [-0.05, 0) is 104 Å². The molecule has 1 saturated heterocycles. The standard InChI is InChI=1S/C35H40N2O.C2H6/c1-4-34(30-13-9-25(2)10-14-30)36-35(38)31-15-11-27(12-16-31)23-28-19-21-37(22-20-28)26(3)32-18-17-29-7-5-6-8-33(29)24-32;1-2/h5-18,24,26,28,34H,4,19-23H2,1-3H3,(H,36,38);1-2H3. The molecule has 4 aromatic carbocycles. The Balaban J connectivity index is 0.00000181. The first-order chi connectivity index (χ1) is 19.5. The Kier molecular flexibility index (Phi) is 10.5. The van der Waals surface area contributed by atoms with Gasteiger partial charge in [-0.15, -0.1) is 0 Å². The third-order valence-corrected chi connectivity index (χ3v) is 8.39. The van der Waals surface area contributed by atoms with Gasteiger partial charge in [0.05, 0.1) is 6.04 Å². The average molecular weight is 535 g/mol. The summed E-state index contributed by atoms with van der Waals surface area (Å²) in [5.74, 6) is 0.695. The van der Waals surface area contributed by atoms with Crippen LogP contribution in [0.5, 0.6) is 0 Å². The maximum Gasteiger partial charge on any atom is 0.251 e. The molecule has 3 nitrogen and oxygen atoms in total. The first-order valence-electron chi connectivity index (χ1n) is 15.2. The molecule has 0 radical (unpaired) electrons. The lowest BCUT2D eigenvalue weighted by molar-refractivity contribution is 0.0935. The van der Waals surface area contributed by atoms with E-state index in [0.29, 0.717) is 12.0 Å². The molecule has 1 fully saturated rings. The van der Waals surface area contributed by atoms with Gasteiger partial charge in [-0.25, -0.2) is 0 Å². The van der Waals surface area contributed by atoms with Gasteiger partial charge in [-0.1, -0.05) is 99.1 Å². The van der Waals surface area contributed by atoms with Crippen LogP contribution < -0.4 is 5.32 Å². The predicted molar refractivity (Wildman–Crippen MR) is 170 cm³/mol. The Morgan fingerprint density at radius 3 is 2.12 bits per heavy atom. The van der Waals surface area contributed by atoms with E-state index in [2.05, 4.69) is 110 Å². The number of benzene rings is 4. The number of fused-ring (bicyclic) bond motifs is 1. The summed E-state index contributed by atoms with van der Waals surface area (Å²) in [6.07, 6.45) is 4.38. The fourth-order valence-corrected chi connectivity index (χ4v) is 5.81. The largest absolute Gasteiger partial charge is 0.345 e. The van der Waals surface area contributed by atoms with E-state index in [1.54, 1.807) is 0 Å². The van der Waals surface area contributed by atoms with Gasteiger partial charge in [-0.3, -0.25) is 9.69 Å². The molecule has 0 saturated carbocycles. The SMILES string of the molecule is CC.CCC(NC(=O)c1ccc(CC2CCN(C(C)c3ccc4ccccc4c3)CC2)cc1)c1ccc(C)cc1. The van der Waals surface area contributed by atoms with Crippen molar-refractivity contribution in [3.63, 3.8) is 0 Å². The molecule has 40 heavy (non-hydrogen) atoms. The highest BCUT2D eigenvalue weighted by Crippen LogP contribution is 2.30. The number of likely N-dealkylation sites (tertiary alicyclic amines) is 1. The van der Waals surface area contributed by atoms with Gasteiger partial charge in [0.1, 0.15) is 0 Å². The molecule has 1 N–H and O–H groups in total. The molecular weight excluding hydrogens is 488 g/mol. The van der Waals surface area contributed by atoms with Crippen LogP contribution in [0.1, 0.15) is 91.7 Å². The molecule has 0 spiro atoms. The smallest absolute Gasteiger partial charge is 0.251 e. The number of hydrogen-bond donors (Lipinski definition) is 1. The molecule has 1 amide bonds. The fourth-order valence-electron chi connectivity index (χ4n) is 5.81. The summed E-state index contributed by atoms with van der Waals surface area (Å²) in [4.78, 5) is 15.6. The first kappa shape index (κ1) is 29.6. The lowest BCUT2D eigenvalue weighted by atomic mass is 9.88. The number of carbonyl (C=O) groups is 1. The minimum Gasteiger partial charge on any atom is -0.345 e. The first-order valence-corrected chi connectivity index (χ1v) is 15.2. The van der Waals surface area contributed by atoms with Crippen LogP contribution in [0.4, 0.5) is 0 Å². The molecule has 1 aliphatic rings. The summed E-state index contributed by atoms with van der Waals surface area (Å²) in [5, 5.41) is 5.84. The van der Waals surface area contributed by atoms with Crippen molar-refractivity contribution in [3.05, 3.63) is 119 Å². The number of hydrogen-bond acceptors (Lipinski definition) is 2. The van der Waals surface area contributed by atoms with E-state index in [0.717, 1.165) is 37.1 Å². The minimum absolute atomic E-state index is 0.0000358. The van der Waals surface area contributed by atoms with Gasteiger partial charge < -0.3 is 5.32 Å². The molecule has 1 heterocycles. The predicted octanol–water partition coefficient (Wildman–Crippen LogP) is 9.07. The van der Waals surface area contributed by atoms with Gasteiger partial charge in [0.25, 0.3) is 5.91 Å². The maximum atomic E-state index is 12.9. The molecule has 3 heteroatoms. The zero-order valence-corrected chi connectivity index (χ0v) is 25.0. The summed E-state index contributed by atoms with van der Waals surface area (Å²) >= 11 is 0. The maximum absolute atomic E-state index is 12.9. The van der Waals surface area contributed by atoms with E-state index < -0.39 is 0 Å². The Morgan fingerprint density at radius 2 is 1.48 bits per heavy atom. The number of nitrogens with one attached hydrogen (secondary N) is 1. The number of piperidine rings is 1. The molecule has 1 aliphatic heterocycles. The van der Waals surface area contributed by atoms with E-state index in [1.165, 1.54) is 40.3 Å². The Hall–Kier alpha value is -3.43. The molecule has 5 rings (SSSR count). The minimum atomic E-state index is -0.0000358. The second-order valence-electron chi connectivity index (χ2n) is 11.0. The summed E-state index contributed by atoms with van der Waals surface area (Å²) in [5.41, 5.74) is 5.86. The van der Waals surface area contributed by atoms with Crippen molar-refractivity contribution >= 4 is 16.7 Å². The lowest BCUT2D eigenvalue weighted by Crippen LogP contribution is -2.36. The summed E-state index contributed by atoms with van der Waals surface area (Å²) in [7, 11) is 0. The van der Waals surface area contributed by atoms with Gasteiger partial charge in [-0.2, -0.15) is 0 Å². The van der Waals surface area contributed by atoms with Gasteiger partial charge in [0.15, 0.2) is 0 Å². The van der Waals surface area contributed by atoms with Crippen molar-refractivity contribution in [1.82, 2.24) is 10.2 Å². The highest BCUT2D eigenvalue weighted by molar-refractivity contribution is 5.94. The van der Waals surface area contributed by atoms with Crippen LogP contribution in [0.15, 0.2) is 91.0 Å². The molecular formula is C37H46N2O. The third-order valence-electron chi connectivity index (χ3n) is 8.39. The number of aryl methyl sites for hydroxylation is 1. The number of rotatable bonds is 8. The zero-order valence-electron chi connectivity index (χ0n) is 25.0. The van der Waals surface area contributed by atoms with Gasteiger partial charge in [0.2, 0.25) is 0 Å². The normalized spacial score (nSPS) is 15.6. The van der Waals surface area contributed by atoms with Crippen molar-refractivity contribution in [2.45, 2.75) is 72.4 Å². The van der Waals surface area contributed by atoms with E-state index in [-0.39, 0.29) is 11.9 Å². The van der Waals surface area contributed by atoms with Crippen LogP contribution >= 0.6 is 0 Å². The second-order valence-corrected chi connectivity index (χ2v) is 11.0. The van der Waals surface area contributed by atoms with Crippen LogP contribution in [-0.2, 0) is 6.42 Å². The van der Waals surface area contributed by atoms with E-state index in [4.69, 9.17) is 0 Å². The quantitative estimate of drug-likeness (QED) is 0.244. The number of carbonyl (C=O) groups excluding carboxylic acids is 1.